The van der Waals surface area contributed by atoms with E-state index < -0.39 is 0 Å². The average molecular weight is 269 g/mol. The number of carbonyl (C=O) groups is 2. The Labute approximate surface area is 111 Å². The Balaban J connectivity index is 2.26. The highest BCUT2D eigenvalue weighted by molar-refractivity contribution is 8.15. The molecule has 0 unspecified atom stereocenters. The lowest BCUT2D eigenvalue weighted by Crippen LogP contribution is -2.49. The number of thioether (sulfide) groups is 1. The van der Waals surface area contributed by atoms with E-state index in [-0.39, 0.29) is 16.7 Å². The van der Waals surface area contributed by atoms with E-state index in [1.807, 2.05) is 0 Å². The number of amides is 2. The van der Waals surface area contributed by atoms with Gasteiger partial charge in [0, 0.05) is 13.8 Å². The molecule has 1 aliphatic heterocycles. The molecule has 1 saturated carbocycles. The Morgan fingerprint density at radius 3 is 2.72 bits per heavy atom. The second-order valence-corrected chi connectivity index (χ2v) is 6.31. The number of amidine groups is 1. The molecule has 1 aliphatic carbocycles. The molecule has 0 aromatic carbocycles. The second-order valence-electron chi connectivity index (χ2n) is 5.01. The number of rotatable bonds is 0. The third kappa shape index (κ3) is 2.25. The molecule has 1 fully saturated rings. The lowest BCUT2D eigenvalue weighted by molar-refractivity contribution is -0.134. The highest BCUT2D eigenvalue weighted by Gasteiger charge is 2.50. The maximum atomic E-state index is 11.8. The van der Waals surface area contributed by atoms with Crippen molar-refractivity contribution in [3.8, 4) is 0 Å². The summed E-state index contributed by atoms with van der Waals surface area (Å²) in [6.45, 7) is 5.15. The SMILES string of the molecule is CC(=O)NC1=NN(C(C)=O)[C@@]2(CCCC[C@H]2C)S1. The van der Waals surface area contributed by atoms with Gasteiger partial charge in [0.25, 0.3) is 0 Å². The summed E-state index contributed by atoms with van der Waals surface area (Å²) in [7, 11) is 0. The maximum Gasteiger partial charge on any atom is 0.240 e. The molecule has 1 N–H and O–H groups in total. The van der Waals surface area contributed by atoms with Crippen molar-refractivity contribution in [3.05, 3.63) is 0 Å². The summed E-state index contributed by atoms with van der Waals surface area (Å²) in [5.74, 6) is 0.178. The van der Waals surface area contributed by atoms with E-state index in [0.717, 1.165) is 19.3 Å². The zero-order valence-corrected chi connectivity index (χ0v) is 11.8. The zero-order chi connectivity index (χ0) is 13.3. The standard InChI is InChI=1S/C12H19N3O2S/c1-8-6-4-5-7-12(8)15(10(3)17)14-11(18-12)13-9(2)16/h8H,4-7H2,1-3H3,(H,13,14,16)/t8-,12+/m1/s1. The van der Waals surface area contributed by atoms with Crippen LogP contribution < -0.4 is 5.32 Å². The molecule has 2 amide bonds. The van der Waals surface area contributed by atoms with Gasteiger partial charge in [0.1, 0.15) is 4.87 Å². The molecule has 18 heavy (non-hydrogen) atoms. The van der Waals surface area contributed by atoms with Gasteiger partial charge in [-0.15, -0.1) is 5.10 Å². The van der Waals surface area contributed by atoms with Gasteiger partial charge in [-0.3, -0.25) is 9.59 Å². The molecule has 0 bridgehead atoms. The summed E-state index contributed by atoms with van der Waals surface area (Å²) in [5, 5.41) is 9.11. The van der Waals surface area contributed by atoms with Crippen molar-refractivity contribution >= 4 is 28.7 Å². The Hall–Kier alpha value is -1.04. The van der Waals surface area contributed by atoms with Crippen LogP contribution in [0.3, 0.4) is 0 Å². The van der Waals surface area contributed by atoms with Crippen molar-refractivity contribution in [2.75, 3.05) is 0 Å². The minimum absolute atomic E-state index is 0.0587. The van der Waals surface area contributed by atoms with Gasteiger partial charge in [-0.05, 0) is 18.8 Å². The van der Waals surface area contributed by atoms with E-state index in [9.17, 15) is 9.59 Å². The molecule has 1 spiro atoms. The van der Waals surface area contributed by atoms with Crippen LogP contribution in [0.4, 0.5) is 0 Å². The summed E-state index contributed by atoms with van der Waals surface area (Å²) >= 11 is 1.53. The molecule has 0 aromatic heterocycles. The summed E-state index contributed by atoms with van der Waals surface area (Å²) in [5.41, 5.74) is 0. The summed E-state index contributed by atoms with van der Waals surface area (Å²) < 4.78 is 0. The molecular weight excluding hydrogens is 250 g/mol. The van der Waals surface area contributed by atoms with Crippen LogP contribution in [-0.4, -0.2) is 26.9 Å². The molecule has 0 saturated heterocycles. The van der Waals surface area contributed by atoms with Crippen molar-refractivity contribution in [3.63, 3.8) is 0 Å². The molecule has 2 rings (SSSR count). The van der Waals surface area contributed by atoms with Crippen LogP contribution in [0.25, 0.3) is 0 Å². The number of nitrogens with one attached hydrogen (secondary N) is 1. The van der Waals surface area contributed by atoms with Crippen molar-refractivity contribution < 1.29 is 9.59 Å². The first-order valence-electron chi connectivity index (χ1n) is 6.32. The Kier molecular flexibility index (Phi) is 3.66. The molecule has 2 aliphatic rings. The molecule has 5 nitrogen and oxygen atoms in total. The molecule has 0 aromatic rings. The smallest absolute Gasteiger partial charge is 0.240 e. The van der Waals surface area contributed by atoms with Crippen LogP contribution in [0.15, 0.2) is 5.10 Å². The van der Waals surface area contributed by atoms with E-state index >= 15 is 0 Å². The summed E-state index contributed by atoms with van der Waals surface area (Å²) in [4.78, 5) is 22.6. The minimum Gasteiger partial charge on any atom is -0.304 e. The van der Waals surface area contributed by atoms with E-state index in [4.69, 9.17) is 0 Å². The number of hydrogen-bond donors (Lipinski definition) is 1. The fourth-order valence-corrected chi connectivity index (χ4v) is 4.18. The zero-order valence-electron chi connectivity index (χ0n) is 11.0. The van der Waals surface area contributed by atoms with Crippen LogP contribution in [0.5, 0.6) is 0 Å². The first-order chi connectivity index (χ1) is 8.45. The Morgan fingerprint density at radius 1 is 1.44 bits per heavy atom. The van der Waals surface area contributed by atoms with Gasteiger partial charge in [-0.2, -0.15) is 0 Å². The van der Waals surface area contributed by atoms with Crippen LogP contribution in [0, 0.1) is 5.92 Å². The third-order valence-corrected chi connectivity index (χ3v) is 5.11. The van der Waals surface area contributed by atoms with Gasteiger partial charge in [0.15, 0.2) is 5.17 Å². The molecule has 6 heteroatoms. The molecule has 0 radical (unpaired) electrons. The number of hydrazone groups is 1. The van der Waals surface area contributed by atoms with Gasteiger partial charge in [-0.1, -0.05) is 31.5 Å². The van der Waals surface area contributed by atoms with E-state index in [1.165, 1.54) is 32.0 Å². The normalized spacial score (nSPS) is 31.4. The summed E-state index contributed by atoms with van der Waals surface area (Å²) in [6, 6.07) is 0. The van der Waals surface area contributed by atoms with Crippen molar-refractivity contribution in [1.82, 2.24) is 10.3 Å². The van der Waals surface area contributed by atoms with E-state index in [1.54, 1.807) is 5.01 Å². The molecule has 100 valence electrons. The van der Waals surface area contributed by atoms with Crippen molar-refractivity contribution in [2.45, 2.75) is 51.3 Å². The third-order valence-electron chi connectivity index (χ3n) is 3.60. The van der Waals surface area contributed by atoms with E-state index in [2.05, 4.69) is 17.3 Å². The van der Waals surface area contributed by atoms with Crippen LogP contribution in [0.2, 0.25) is 0 Å². The quantitative estimate of drug-likeness (QED) is 0.730. The van der Waals surface area contributed by atoms with E-state index in [0.29, 0.717) is 11.1 Å². The lowest BCUT2D eigenvalue weighted by Gasteiger charge is -2.42. The predicted molar refractivity (Wildman–Crippen MR) is 71.7 cm³/mol. The maximum absolute atomic E-state index is 11.8. The summed E-state index contributed by atoms with van der Waals surface area (Å²) in [6.07, 6.45) is 4.33. The van der Waals surface area contributed by atoms with Gasteiger partial charge in [0.2, 0.25) is 11.8 Å². The van der Waals surface area contributed by atoms with Gasteiger partial charge >= 0.3 is 0 Å². The topological polar surface area (TPSA) is 61.8 Å². The van der Waals surface area contributed by atoms with Gasteiger partial charge in [-0.25, -0.2) is 5.01 Å². The fraction of sp³-hybridized carbons (Fsp3) is 0.750. The molecular formula is C12H19N3O2S. The van der Waals surface area contributed by atoms with Crippen molar-refractivity contribution in [1.29, 1.82) is 0 Å². The first kappa shape index (κ1) is 13.4. The van der Waals surface area contributed by atoms with Crippen LogP contribution in [-0.2, 0) is 9.59 Å². The number of carbonyl (C=O) groups excluding carboxylic acids is 2. The minimum atomic E-state index is -0.290. The lowest BCUT2D eigenvalue weighted by atomic mass is 9.84. The highest BCUT2D eigenvalue weighted by atomic mass is 32.2. The van der Waals surface area contributed by atoms with Crippen molar-refractivity contribution in [2.24, 2.45) is 11.0 Å². The highest BCUT2D eigenvalue weighted by Crippen LogP contribution is 2.50. The monoisotopic (exact) mass is 269 g/mol. The molecule has 1 heterocycles. The Morgan fingerprint density at radius 2 is 2.17 bits per heavy atom. The molecule has 2 atom stereocenters. The predicted octanol–water partition coefficient (Wildman–Crippen LogP) is 1.90. The van der Waals surface area contributed by atoms with Gasteiger partial charge < -0.3 is 5.32 Å². The second kappa shape index (κ2) is 4.91. The number of hydrogen-bond acceptors (Lipinski definition) is 4. The first-order valence-corrected chi connectivity index (χ1v) is 7.13. The van der Waals surface area contributed by atoms with Crippen LogP contribution >= 0.6 is 11.8 Å². The largest absolute Gasteiger partial charge is 0.304 e. The Bertz CT molecular complexity index is 410. The fourth-order valence-electron chi connectivity index (χ4n) is 2.71. The van der Waals surface area contributed by atoms with Crippen LogP contribution in [0.1, 0.15) is 46.5 Å². The average Bonchev–Trinajstić information content (AvgIpc) is 2.62. The number of nitrogens with zero attached hydrogens (tertiary/aromatic N) is 2. The van der Waals surface area contributed by atoms with Gasteiger partial charge in [0.05, 0.1) is 0 Å².